The SMILES string of the molecule is COc1ccc(Oc2c(C)cc(-n3nc(C(=O)OCCC#N)c(=O)[nH]c3=O)cc2C)cc1Br. The number of aromatic amines is 1. The van der Waals surface area contributed by atoms with Gasteiger partial charge in [-0.1, -0.05) is 0 Å². The van der Waals surface area contributed by atoms with Crippen molar-refractivity contribution in [2.24, 2.45) is 0 Å². The Labute approximate surface area is 196 Å². The number of nitrogens with one attached hydrogen (secondary N) is 1. The van der Waals surface area contributed by atoms with Gasteiger partial charge in [0.05, 0.1) is 29.8 Å². The number of methoxy groups -OCH3 is 1. The van der Waals surface area contributed by atoms with Crippen molar-refractivity contribution in [2.75, 3.05) is 13.7 Å². The molecule has 3 rings (SSSR count). The molecule has 0 bridgehead atoms. The topological polar surface area (TPSA) is 136 Å². The van der Waals surface area contributed by atoms with Crippen molar-refractivity contribution in [1.29, 1.82) is 5.26 Å². The summed E-state index contributed by atoms with van der Waals surface area (Å²) in [6.07, 6.45) is -0.0338. The molecule has 0 unspecified atom stereocenters. The number of hydrogen-bond donors (Lipinski definition) is 1. The minimum Gasteiger partial charge on any atom is -0.496 e. The van der Waals surface area contributed by atoms with Gasteiger partial charge in [-0.25, -0.2) is 9.59 Å². The van der Waals surface area contributed by atoms with Crippen molar-refractivity contribution < 1.29 is 19.0 Å². The number of benzene rings is 2. The van der Waals surface area contributed by atoms with E-state index in [0.717, 1.165) is 9.15 Å². The Bertz CT molecular complexity index is 1350. The number of H-pyrrole nitrogens is 1. The molecule has 11 heteroatoms. The molecule has 1 aromatic heterocycles. The number of rotatable bonds is 7. The van der Waals surface area contributed by atoms with Gasteiger partial charge >= 0.3 is 11.7 Å². The quantitative estimate of drug-likeness (QED) is 0.374. The van der Waals surface area contributed by atoms with E-state index in [0.29, 0.717) is 34.1 Å². The fourth-order valence-electron chi connectivity index (χ4n) is 3.01. The highest BCUT2D eigenvalue weighted by atomic mass is 79.9. The highest BCUT2D eigenvalue weighted by Crippen LogP contribution is 2.34. The summed E-state index contributed by atoms with van der Waals surface area (Å²) in [4.78, 5) is 38.6. The van der Waals surface area contributed by atoms with Crippen LogP contribution in [0.25, 0.3) is 5.69 Å². The van der Waals surface area contributed by atoms with Gasteiger partial charge in [0.1, 0.15) is 23.9 Å². The van der Waals surface area contributed by atoms with E-state index in [1.54, 1.807) is 51.3 Å². The molecule has 0 aliphatic carbocycles. The minimum atomic E-state index is -1.03. The molecule has 0 fully saturated rings. The summed E-state index contributed by atoms with van der Waals surface area (Å²) in [6.45, 7) is 3.39. The zero-order valence-electron chi connectivity index (χ0n) is 18.0. The van der Waals surface area contributed by atoms with Crippen LogP contribution in [-0.2, 0) is 4.74 Å². The lowest BCUT2D eigenvalue weighted by Gasteiger charge is -2.15. The fraction of sp³-hybridized carbons (Fsp3) is 0.227. The molecule has 0 saturated heterocycles. The summed E-state index contributed by atoms with van der Waals surface area (Å²) in [5, 5.41) is 12.4. The highest BCUT2D eigenvalue weighted by molar-refractivity contribution is 9.10. The summed E-state index contributed by atoms with van der Waals surface area (Å²) in [5.74, 6) is 0.781. The third kappa shape index (κ3) is 5.30. The first-order valence-electron chi connectivity index (χ1n) is 9.66. The lowest BCUT2D eigenvalue weighted by molar-refractivity contribution is 0.0501. The maximum atomic E-state index is 12.4. The van der Waals surface area contributed by atoms with Crippen molar-refractivity contribution >= 4 is 21.9 Å². The van der Waals surface area contributed by atoms with Crippen LogP contribution in [0.15, 0.2) is 44.4 Å². The van der Waals surface area contributed by atoms with E-state index < -0.39 is 22.9 Å². The lowest BCUT2D eigenvalue weighted by atomic mass is 10.1. The number of nitrogens with zero attached hydrogens (tertiary/aromatic N) is 3. The van der Waals surface area contributed by atoms with Crippen LogP contribution in [0.4, 0.5) is 0 Å². The zero-order chi connectivity index (χ0) is 24.1. The van der Waals surface area contributed by atoms with Crippen molar-refractivity contribution in [2.45, 2.75) is 20.3 Å². The molecule has 33 heavy (non-hydrogen) atoms. The van der Waals surface area contributed by atoms with E-state index in [1.807, 2.05) is 6.07 Å². The van der Waals surface area contributed by atoms with E-state index >= 15 is 0 Å². The molecule has 0 aliphatic heterocycles. The van der Waals surface area contributed by atoms with E-state index in [4.69, 9.17) is 19.5 Å². The maximum Gasteiger partial charge on any atom is 0.364 e. The van der Waals surface area contributed by atoms with Crippen LogP contribution in [0.1, 0.15) is 28.0 Å². The molecule has 0 amide bonds. The standard InChI is InChI=1S/C22H19BrN4O6/c1-12-9-14(10-13(2)19(12)33-15-5-6-17(31-3)16(23)11-15)27-22(30)25-20(28)18(26-27)21(29)32-8-4-7-24/h5-6,9-11H,4,8H2,1-3H3,(H,25,28,30). The second kappa shape index (κ2) is 10.1. The van der Waals surface area contributed by atoms with Gasteiger partial charge in [-0.3, -0.25) is 9.78 Å². The number of nitriles is 1. The molecule has 3 aromatic rings. The Kier molecular flexibility index (Phi) is 7.30. The average Bonchev–Trinajstić information content (AvgIpc) is 2.76. The van der Waals surface area contributed by atoms with Crippen LogP contribution in [0.5, 0.6) is 17.2 Å². The molecule has 1 heterocycles. The predicted molar refractivity (Wildman–Crippen MR) is 121 cm³/mol. The highest BCUT2D eigenvalue weighted by Gasteiger charge is 2.19. The molecule has 0 radical (unpaired) electrons. The number of aryl methyl sites for hydroxylation is 2. The first-order valence-corrected chi connectivity index (χ1v) is 10.4. The fourth-order valence-corrected chi connectivity index (χ4v) is 3.53. The van der Waals surface area contributed by atoms with Crippen molar-refractivity contribution in [3.63, 3.8) is 0 Å². The molecule has 0 spiro atoms. The van der Waals surface area contributed by atoms with Crippen LogP contribution in [0.2, 0.25) is 0 Å². The Hall–Kier alpha value is -3.91. The van der Waals surface area contributed by atoms with Gasteiger partial charge in [0, 0.05) is 0 Å². The van der Waals surface area contributed by atoms with Crippen LogP contribution in [0.3, 0.4) is 0 Å². The molecule has 10 nitrogen and oxygen atoms in total. The maximum absolute atomic E-state index is 12.4. The number of esters is 1. The smallest absolute Gasteiger partial charge is 0.364 e. The van der Waals surface area contributed by atoms with Crippen LogP contribution < -0.4 is 20.7 Å². The first kappa shape index (κ1) is 23.7. The normalized spacial score (nSPS) is 10.4. The molecule has 0 saturated carbocycles. The van der Waals surface area contributed by atoms with Gasteiger partial charge in [-0.15, -0.1) is 0 Å². The number of carbonyl (C=O) groups is 1. The van der Waals surface area contributed by atoms with Crippen molar-refractivity contribution in [3.8, 4) is 29.0 Å². The van der Waals surface area contributed by atoms with Crippen molar-refractivity contribution in [3.05, 3.63) is 72.5 Å². The summed E-state index contributed by atoms with van der Waals surface area (Å²) in [5.41, 5.74) is -0.686. The second-order valence-electron chi connectivity index (χ2n) is 6.87. The summed E-state index contributed by atoms with van der Waals surface area (Å²) in [6, 6.07) is 10.4. The van der Waals surface area contributed by atoms with Crippen LogP contribution in [-0.4, -0.2) is 34.5 Å². The lowest BCUT2D eigenvalue weighted by Crippen LogP contribution is -2.36. The number of ether oxygens (including phenoxy) is 3. The monoisotopic (exact) mass is 514 g/mol. The third-order valence-electron chi connectivity index (χ3n) is 4.50. The number of carbonyl (C=O) groups excluding carboxylic acids is 1. The van der Waals surface area contributed by atoms with E-state index in [9.17, 15) is 14.4 Å². The van der Waals surface area contributed by atoms with E-state index in [1.165, 1.54) is 0 Å². The van der Waals surface area contributed by atoms with Gasteiger partial charge in [-0.2, -0.15) is 15.0 Å². The molecule has 170 valence electrons. The second-order valence-corrected chi connectivity index (χ2v) is 7.73. The summed E-state index contributed by atoms with van der Waals surface area (Å²) in [7, 11) is 1.57. The van der Waals surface area contributed by atoms with Crippen LogP contribution in [0, 0.1) is 25.2 Å². The summed E-state index contributed by atoms with van der Waals surface area (Å²) >= 11 is 3.42. The van der Waals surface area contributed by atoms with E-state index in [2.05, 4.69) is 26.0 Å². The largest absolute Gasteiger partial charge is 0.496 e. The molecule has 0 atom stereocenters. The first-order chi connectivity index (χ1) is 15.7. The van der Waals surface area contributed by atoms with Gasteiger partial charge in [0.25, 0.3) is 5.56 Å². The van der Waals surface area contributed by atoms with Gasteiger partial charge in [0.2, 0.25) is 5.69 Å². The number of hydrogen-bond acceptors (Lipinski definition) is 8. The molecular weight excluding hydrogens is 496 g/mol. The van der Waals surface area contributed by atoms with Crippen molar-refractivity contribution in [1.82, 2.24) is 14.8 Å². The molecule has 0 aliphatic rings. The minimum absolute atomic E-state index is 0.0338. The average molecular weight is 515 g/mol. The Balaban J connectivity index is 1.96. The van der Waals surface area contributed by atoms with Crippen LogP contribution >= 0.6 is 15.9 Å². The molecular formula is C22H19BrN4O6. The van der Waals surface area contributed by atoms with Gasteiger partial charge in [-0.05, 0) is 71.2 Å². The Morgan fingerprint density at radius 3 is 2.52 bits per heavy atom. The number of aromatic nitrogens is 3. The predicted octanol–water partition coefficient (Wildman–Crippen LogP) is 3.17. The number of halogens is 1. The Morgan fingerprint density at radius 1 is 1.21 bits per heavy atom. The van der Waals surface area contributed by atoms with Gasteiger partial charge < -0.3 is 14.2 Å². The molecule has 1 N–H and O–H groups in total. The zero-order valence-corrected chi connectivity index (χ0v) is 19.6. The Morgan fingerprint density at radius 2 is 1.91 bits per heavy atom. The third-order valence-corrected chi connectivity index (χ3v) is 5.12. The summed E-state index contributed by atoms with van der Waals surface area (Å²) < 4.78 is 17.7. The molecule has 2 aromatic carbocycles. The van der Waals surface area contributed by atoms with E-state index in [-0.39, 0.29) is 13.0 Å². The van der Waals surface area contributed by atoms with Gasteiger partial charge in [0.15, 0.2) is 0 Å².